The maximum Gasteiger partial charge on any atom is 0.466 e. The Labute approximate surface area is 87.3 Å². The van der Waals surface area contributed by atoms with Gasteiger partial charge in [0.2, 0.25) is 0 Å². The number of phosphoric acid groups is 2. The normalized spacial score (nSPS) is 10.7. The van der Waals surface area contributed by atoms with Crippen LogP contribution in [0.3, 0.4) is 0 Å². The van der Waals surface area contributed by atoms with Crippen molar-refractivity contribution in [2.45, 2.75) is 13.8 Å². The molecule has 0 radical (unpaired) electrons. The third kappa shape index (κ3) is 443. The van der Waals surface area contributed by atoms with Crippen LogP contribution in [0.5, 0.6) is 0 Å². The van der Waals surface area contributed by atoms with Crippen LogP contribution < -0.4 is 5.32 Å². The minimum absolute atomic E-state index is 1.09. The van der Waals surface area contributed by atoms with E-state index in [9.17, 15) is 0 Å². The van der Waals surface area contributed by atoms with Gasteiger partial charge in [0, 0.05) is 0 Å². The first-order valence-corrected chi connectivity index (χ1v) is 6.82. The fraction of sp³-hybridized carbons (Fsp3) is 1.00. The molecular weight excluding hydrogens is 252 g/mol. The Hall–Kier alpha value is 0.180. The average molecular weight is 269 g/mol. The second-order valence-corrected chi connectivity index (χ2v) is 4.04. The van der Waals surface area contributed by atoms with Gasteiger partial charge in [0.15, 0.2) is 0 Å². The van der Waals surface area contributed by atoms with E-state index in [1.807, 2.05) is 0 Å². The lowest BCUT2D eigenvalue weighted by atomic mass is 10.7. The molecule has 96 valence electrons. The van der Waals surface area contributed by atoms with E-state index in [1.165, 1.54) is 0 Å². The summed E-state index contributed by atoms with van der Waals surface area (Å²) in [7, 11) is -9.28. The first kappa shape index (κ1) is 20.6. The van der Waals surface area contributed by atoms with Crippen molar-refractivity contribution in [2.24, 2.45) is 0 Å². The summed E-state index contributed by atoms with van der Waals surface area (Å²) in [6.45, 7) is 6.39. The van der Waals surface area contributed by atoms with Crippen LogP contribution >= 0.6 is 15.6 Å². The molecular formula is C4H17NO8P2. The maximum atomic E-state index is 8.88. The van der Waals surface area contributed by atoms with Gasteiger partial charge < -0.3 is 34.7 Å². The molecule has 0 aromatic carbocycles. The fourth-order valence-electron chi connectivity index (χ4n) is 0.250. The van der Waals surface area contributed by atoms with E-state index < -0.39 is 15.6 Å². The summed E-state index contributed by atoms with van der Waals surface area (Å²) in [4.78, 5) is 43.1. The van der Waals surface area contributed by atoms with E-state index in [0.717, 1.165) is 13.1 Å². The molecule has 0 aliphatic heterocycles. The lowest BCUT2D eigenvalue weighted by Crippen LogP contribution is -2.09. The van der Waals surface area contributed by atoms with Gasteiger partial charge in [-0.2, -0.15) is 0 Å². The van der Waals surface area contributed by atoms with Crippen LogP contribution in [0.4, 0.5) is 0 Å². The highest BCUT2D eigenvalue weighted by Crippen LogP contribution is 2.26. The average Bonchev–Trinajstić information content (AvgIpc) is 1.80. The van der Waals surface area contributed by atoms with E-state index in [1.54, 1.807) is 0 Å². The van der Waals surface area contributed by atoms with E-state index in [0.29, 0.717) is 0 Å². The molecule has 0 aromatic heterocycles. The van der Waals surface area contributed by atoms with Gasteiger partial charge in [-0.3, -0.25) is 0 Å². The second-order valence-electron chi connectivity index (χ2n) is 1.98. The summed E-state index contributed by atoms with van der Waals surface area (Å²) in [6.07, 6.45) is 0. The predicted molar refractivity (Wildman–Crippen MR) is 52.7 cm³/mol. The second kappa shape index (κ2) is 10.7. The maximum absolute atomic E-state index is 8.88. The topological polar surface area (TPSA) is 168 Å². The van der Waals surface area contributed by atoms with Crippen LogP contribution in [0, 0.1) is 0 Å². The van der Waals surface area contributed by atoms with E-state index in [-0.39, 0.29) is 0 Å². The Bertz CT molecular complexity index is 170. The monoisotopic (exact) mass is 269 g/mol. The highest BCUT2D eigenvalue weighted by Gasteiger charge is 2.00. The molecule has 0 unspecified atom stereocenters. The summed E-state index contributed by atoms with van der Waals surface area (Å²) in [5, 5.41) is 3.11. The Kier molecular flexibility index (Phi) is 14.7. The van der Waals surface area contributed by atoms with Crippen LogP contribution in [-0.4, -0.2) is 42.4 Å². The van der Waals surface area contributed by atoms with E-state index >= 15 is 0 Å². The van der Waals surface area contributed by atoms with Crippen molar-refractivity contribution in [1.82, 2.24) is 5.32 Å². The predicted octanol–water partition coefficient (Wildman–Crippen LogP) is -1.24. The molecule has 0 saturated carbocycles. The standard InChI is InChI=1S/C4H11N.2H3O4P/c1-3-5-4-2;2*1-5(2,3)4/h5H,3-4H2,1-2H3;2*(H3,1,2,3,4). The van der Waals surface area contributed by atoms with Crippen LogP contribution in [0.1, 0.15) is 13.8 Å². The zero-order chi connectivity index (χ0) is 13.1. The summed E-state index contributed by atoms with van der Waals surface area (Å²) < 4.78 is 17.8. The summed E-state index contributed by atoms with van der Waals surface area (Å²) >= 11 is 0. The Morgan fingerprint density at radius 3 is 0.933 bits per heavy atom. The van der Waals surface area contributed by atoms with Crippen LogP contribution in [0.25, 0.3) is 0 Å². The quantitative estimate of drug-likeness (QED) is 0.303. The molecule has 7 N–H and O–H groups in total. The molecule has 15 heavy (non-hydrogen) atoms. The van der Waals surface area contributed by atoms with Crippen molar-refractivity contribution in [3.05, 3.63) is 0 Å². The Balaban J connectivity index is -0.000000144. The summed E-state index contributed by atoms with van der Waals surface area (Å²) in [5.74, 6) is 0. The van der Waals surface area contributed by atoms with Crippen molar-refractivity contribution < 1.29 is 38.5 Å². The van der Waals surface area contributed by atoms with Crippen LogP contribution in [0.2, 0.25) is 0 Å². The Morgan fingerprint density at radius 2 is 0.933 bits per heavy atom. The first-order valence-electron chi connectivity index (χ1n) is 3.69. The van der Waals surface area contributed by atoms with Crippen molar-refractivity contribution >= 4 is 15.6 Å². The van der Waals surface area contributed by atoms with Gasteiger partial charge in [-0.15, -0.1) is 0 Å². The lowest BCUT2D eigenvalue weighted by Gasteiger charge is -1.86. The van der Waals surface area contributed by atoms with Gasteiger partial charge in [0.25, 0.3) is 0 Å². The molecule has 9 nitrogen and oxygen atoms in total. The van der Waals surface area contributed by atoms with Gasteiger partial charge in [-0.05, 0) is 13.1 Å². The number of hydrogen-bond donors (Lipinski definition) is 7. The third-order valence-corrected chi connectivity index (χ3v) is 0.500. The van der Waals surface area contributed by atoms with Crippen molar-refractivity contribution in [3.8, 4) is 0 Å². The minimum Gasteiger partial charge on any atom is -0.317 e. The molecule has 0 aliphatic rings. The highest BCUT2D eigenvalue weighted by atomic mass is 31.2. The van der Waals surface area contributed by atoms with Crippen LogP contribution in [-0.2, 0) is 9.13 Å². The molecule has 0 spiro atoms. The number of nitrogens with one attached hydrogen (secondary N) is 1. The van der Waals surface area contributed by atoms with Gasteiger partial charge in [-0.25, -0.2) is 9.13 Å². The zero-order valence-corrected chi connectivity index (χ0v) is 10.1. The fourth-order valence-corrected chi connectivity index (χ4v) is 0.250. The van der Waals surface area contributed by atoms with Gasteiger partial charge in [0.05, 0.1) is 0 Å². The molecule has 0 heterocycles. The highest BCUT2D eigenvalue weighted by molar-refractivity contribution is 7.45. The van der Waals surface area contributed by atoms with Gasteiger partial charge in [0.1, 0.15) is 0 Å². The van der Waals surface area contributed by atoms with Crippen molar-refractivity contribution in [2.75, 3.05) is 13.1 Å². The molecule has 0 fully saturated rings. The van der Waals surface area contributed by atoms with Gasteiger partial charge >= 0.3 is 15.6 Å². The molecule has 0 aromatic rings. The first-order chi connectivity index (χ1) is 6.41. The zero-order valence-electron chi connectivity index (χ0n) is 8.31. The molecule has 11 heteroatoms. The lowest BCUT2D eigenvalue weighted by molar-refractivity contribution is 0.272. The largest absolute Gasteiger partial charge is 0.466 e. The molecule has 0 amide bonds. The van der Waals surface area contributed by atoms with E-state index in [2.05, 4.69) is 19.2 Å². The van der Waals surface area contributed by atoms with Gasteiger partial charge in [-0.1, -0.05) is 13.8 Å². The van der Waals surface area contributed by atoms with Crippen molar-refractivity contribution in [1.29, 1.82) is 0 Å². The number of rotatable bonds is 2. The molecule has 0 bridgehead atoms. The summed E-state index contributed by atoms with van der Waals surface area (Å²) in [5.41, 5.74) is 0. The Morgan fingerprint density at radius 1 is 0.800 bits per heavy atom. The smallest absolute Gasteiger partial charge is 0.317 e. The van der Waals surface area contributed by atoms with E-state index in [4.69, 9.17) is 38.5 Å². The molecule has 0 rings (SSSR count). The number of hydrogen-bond acceptors (Lipinski definition) is 3. The molecule has 0 saturated heterocycles. The summed E-state index contributed by atoms with van der Waals surface area (Å²) in [6, 6.07) is 0. The molecule has 0 aliphatic carbocycles. The third-order valence-electron chi connectivity index (χ3n) is 0.500. The minimum atomic E-state index is -4.64. The SMILES string of the molecule is CCNCC.O=P(O)(O)O.O=P(O)(O)O. The van der Waals surface area contributed by atoms with Crippen LogP contribution in [0.15, 0.2) is 0 Å². The van der Waals surface area contributed by atoms with Crippen molar-refractivity contribution in [3.63, 3.8) is 0 Å². The molecule has 0 atom stereocenters.